The van der Waals surface area contributed by atoms with E-state index in [0.29, 0.717) is 5.92 Å². The molecule has 0 aromatic heterocycles. The summed E-state index contributed by atoms with van der Waals surface area (Å²) in [6.07, 6.45) is 4.69. The number of benzene rings is 2. The average molecular weight is 268 g/mol. The standard InChI is InChI=1S/C18H20S/c1-12-11-17(19-3)18-15(13(12)2)9-10-16(18)14-7-5-4-6-8-14/h4-8,11,16H,9-10H2,1-3H3. The van der Waals surface area contributed by atoms with Crippen molar-refractivity contribution in [2.24, 2.45) is 0 Å². The third-order valence-corrected chi connectivity index (χ3v) is 5.21. The second kappa shape index (κ2) is 5.05. The normalized spacial score (nSPS) is 17.5. The van der Waals surface area contributed by atoms with Crippen molar-refractivity contribution in [3.05, 3.63) is 64.2 Å². The lowest BCUT2D eigenvalue weighted by atomic mass is 9.91. The Hall–Kier alpha value is -1.21. The van der Waals surface area contributed by atoms with Gasteiger partial charge in [0.25, 0.3) is 0 Å². The highest BCUT2D eigenvalue weighted by molar-refractivity contribution is 7.98. The second-order valence-electron chi connectivity index (χ2n) is 5.41. The predicted molar refractivity (Wildman–Crippen MR) is 84.3 cm³/mol. The maximum absolute atomic E-state index is 2.38. The molecule has 1 aliphatic rings. The Bertz CT molecular complexity index is 599. The van der Waals surface area contributed by atoms with Crippen molar-refractivity contribution in [2.45, 2.75) is 37.5 Å². The number of aryl methyl sites for hydroxylation is 1. The number of hydrogen-bond acceptors (Lipinski definition) is 1. The molecule has 2 aromatic rings. The minimum absolute atomic E-state index is 0.595. The maximum atomic E-state index is 2.38. The monoisotopic (exact) mass is 268 g/mol. The summed E-state index contributed by atoms with van der Waals surface area (Å²) in [4.78, 5) is 1.48. The summed E-state index contributed by atoms with van der Waals surface area (Å²) in [5, 5.41) is 0. The molecule has 1 atom stereocenters. The topological polar surface area (TPSA) is 0 Å². The lowest BCUT2D eigenvalue weighted by Crippen LogP contribution is -2.00. The van der Waals surface area contributed by atoms with Crippen molar-refractivity contribution >= 4 is 11.8 Å². The first kappa shape index (κ1) is 12.8. The Kier molecular flexibility index (Phi) is 3.40. The Balaban J connectivity index is 2.17. The third-order valence-electron chi connectivity index (χ3n) is 4.44. The third kappa shape index (κ3) is 2.10. The summed E-state index contributed by atoms with van der Waals surface area (Å²) in [6.45, 7) is 4.52. The van der Waals surface area contributed by atoms with E-state index in [2.05, 4.69) is 56.5 Å². The van der Waals surface area contributed by atoms with Crippen LogP contribution in [-0.4, -0.2) is 6.26 Å². The Morgan fingerprint density at radius 2 is 1.84 bits per heavy atom. The van der Waals surface area contributed by atoms with Crippen LogP contribution in [0, 0.1) is 13.8 Å². The van der Waals surface area contributed by atoms with E-state index in [-0.39, 0.29) is 0 Å². The van der Waals surface area contributed by atoms with Crippen molar-refractivity contribution in [2.75, 3.05) is 6.26 Å². The van der Waals surface area contributed by atoms with Gasteiger partial charge in [0, 0.05) is 10.8 Å². The quantitative estimate of drug-likeness (QED) is 0.683. The van der Waals surface area contributed by atoms with Gasteiger partial charge in [-0.1, -0.05) is 30.3 Å². The molecule has 1 unspecified atom stereocenters. The van der Waals surface area contributed by atoms with Gasteiger partial charge < -0.3 is 0 Å². The van der Waals surface area contributed by atoms with Crippen LogP contribution in [0.3, 0.4) is 0 Å². The van der Waals surface area contributed by atoms with Crippen LogP contribution < -0.4 is 0 Å². The van der Waals surface area contributed by atoms with Gasteiger partial charge in [-0.05, 0) is 66.8 Å². The molecular formula is C18H20S. The van der Waals surface area contributed by atoms with Crippen LogP contribution in [0.2, 0.25) is 0 Å². The molecule has 0 spiro atoms. The first-order valence-corrected chi connectivity index (χ1v) is 8.16. The Labute approximate surface area is 120 Å². The van der Waals surface area contributed by atoms with Crippen LogP contribution in [-0.2, 0) is 6.42 Å². The smallest absolute Gasteiger partial charge is 0.0113 e. The van der Waals surface area contributed by atoms with E-state index in [0.717, 1.165) is 0 Å². The van der Waals surface area contributed by atoms with Crippen molar-refractivity contribution in [1.82, 2.24) is 0 Å². The van der Waals surface area contributed by atoms with Crippen LogP contribution in [0.15, 0.2) is 41.3 Å². The predicted octanol–water partition coefficient (Wildman–Crippen LogP) is 5.10. The highest BCUT2D eigenvalue weighted by Crippen LogP contribution is 2.44. The molecule has 0 amide bonds. The van der Waals surface area contributed by atoms with Gasteiger partial charge >= 0.3 is 0 Å². The van der Waals surface area contributed by atoms with E-state index >= 15 is 0 Å². The first-order valence-electron chi connectivity index (χ1n) is 6.94. The molecule has 0 fully saturated rings. The zero-order valence-corrected chi connectivity index (χ0v) is 12.7. The van der Waals surface area contributed by atoms with Gasteiger partial charge in [-0.15, -0.1) is 11.8 Å². The Morgan fingerprint density at radius 1 is 1.11 bits per heavy atom. The second-order valence-corrected chi connectivity index (χ2v) is 6.26. The van der Waals surface area contributed by atoms with E-state index in [9.17, 15) is 0 Å². The van der Waals surface area contributed by atoms with Crippen LogP contribution in [0.1, 0.15) is 40.2 Å². The maximum Gasteiger partial charge on any atom is 0.0113 e. The summed E-state index contributed by atoms with van der Waals surface area (Å²) in [5.41, 5.74) is 7.63. The fourth-order valence-corrected chi connectivity index (χ4v) is 4.08. The molecule has 0 bridgehead atoms. The molecule has 3 rings (SSSR count). The molecule has 0 saturated carbocycles. The largest absolute Gasteiger partial charge is 0.129 e. The fraction of sp³-hybridized carbons (Fsp3) is 0.333. The molecule has 1 aliphatic carbocycles. The van der Waals surface area contributed by atoms with Crippen LogP contribution in [0.4, 0.5) is 0 Å². The summed E-state index contributed by atoms with van der Waals surface area (Å²) < 4.78 is 0. The molecule has 0 nitrogen and oxygen atoms in total. The van der Waals surface area contributed by atoms with Gasteiger partial charge in [0.2, 0.25) is 0 Å². The minimum atomic E-state index is 0.595. The molecule has 19 heavy (non-hydrogen) atoms. The Morgan fingerprint density at radius 3 is 2.53 bits per heavy atom. The highest BCUT2D eigenvalue weighted by atomic mass is 32.2. The van der Waals surface area contributed by atoms with Gasteiger partial charge in [-0.25, -0.2) is 0 Å². The lowest BCUT2D eigenvalue weighted by molar-refractivity contribution is 0.779. The molecule has 0 saturated heterocycles. The van der Waals surface area contributed by atoms with Crippen LogP contribution >= 0.6 is 11.8 Å². The number of hydrogen-bond donors (Lipinski definition) is 0. The fourth-order valence-electron chi connectivity index (χ4n) is 3.30. The molecule has 2 aromatic carbocycles. The molecule has 98 valence electrons. The van der Waals surface area contributed by atoms with Crippen molar-refractivity contribution in [3.8, 4) is 0 Å². The number of fused-ring (bicyclic) bond motifs is 1. The van der Waals surface area contributed by atoms with Crippen LogP contribution in [0.25, 0.3) is 0 Å². The number of thioether (sulfide) groups is 1. The van der Waals surface area contributed by atoms with Gasteiger partial charge in [-0.3, -0.25) is 0 Å². The van der Waals surface area contributed by atoms with E-state index in [4.69, 9.17) is 0 Å². The molecule has 1 heteroatoms. The SMILES string of the molecule is CSc1cc(C)c(C)c2c1C(c1ccccc1)CC2. The lowest BCUT2D eigenvalue weighted by Gasteiger charge is -2.18. The average Bonchev–Trinajstić information content (AvgIpc) is 2.89. The van der Waals surface area contributed by atoms with Gasteiger partial charge in [0.1, 0.15) is 0 Å². The summed E-state index contributed by atoms with van der Waals surface area (Å²) in [7, 11) is 0. The van der Waals surface area contributed by atoms with Gasteiger partial charge in [0.05, 0.1) is 0 Å². The molecule has 0 heterocycles. The first-order chi connectivity index (χ1) is 9.22. The van der Waals surface area contributed by atoms with E-state index in [1.165, 1.54) is 34.4 Å². The van der Waals surface area contributed by atoms with E-state index in [1.807, 2.05) is 11.8 Å². The van der Waals surface area contributed by atoms with Gasteiger partial charge in [0.15, 0.2) is 0 Å². The van der Waals surface area contributed by atoms with Crippen molar-refractivity contribution in [1.29, 1.82) is 0 Å². The summed E-state index contributed by atoms with van der Waals surface area (Å²) in [6, 6.07) is 13.4. The number of rotatable bonds is 2. The van der Waals surface area contributed by atoms with Gasteiger partial charge in [-0.2, -0.15) is 0 Å². The highest BCUT2D eigenvalue weighted by Gasteiger charge is 2.28. The van der Waals surface area contributed by atoms with E-state index in [1.54, 1.807) is 11.1 Å². The zero-order chi connectivity index (χ0) is 13.4. The van der Waals surface area contributed by atoms with E-state index < -0.39 is 0 Å². The summed E-state index contributed by atoms with van der Waals surface area (Å²) >= 11 is 1.90. The summed E-state index contributed by atoms with van der Waals surface area (Å²) in [5.74, 6) is 0.595. The molecular weight excluding hydrogens is 248 g/mol. The molecule has 0 N–H and O–H groups in total. The molecule has 0 radical (unpaired) electrons. The van der Waals surface area contributed by atoms with Crippen molar-refractivity contribution < 1.29 is 0 Å². The van der Waals surface area contributed by atoms with Crippen molar-refractivity contribution in [3.63, 3.8) is 0 Å². The minimum Gasteiger partial charge on any atom is -0.129 e. The van der Waals surface area contributed by atoms with Crippen LogP contribution in [0.5, 0.6) is 0 Å². The zero-order valence-electron chi connectivity index (χ0n) is 11.9. The molecule has 0 aliphatic heterocycles.